The lowest BCUT2D eigenvalue weighted by Gasteiger charge is -2.45. The van der Waals surface area contributed by atoms with E-state index in [0.717, 1.165) is 17.1 Å². The molecule has 0 aromatic heterocycles. The van der Waals surface area contributed by atoms with Crippen molar-refractivity contribution in [2.75, 3.05) is 14.7 Å². The molecular formula is C66H78BN3. The normalized spacial score (nSPS) is 14.1. The van der Waals surface area contributed by atoms with Crippen molar-refractivity contribution in [1.29, 1.82) is 0 Å². The van der Waals surface area contributed by atoms with Gasteiger partial charge in [0.2, 0.25) is 0 Å². The van der Waals surface area contributed by atoms with Gasteiger partial charge in [0.1, 0.15) is 0 Å². The van der Waals surface area contributed by atoms with E-state index in [0.29, 0.717) is 0 Å². The number of rotatable bonds is 5. The SMILES string of the molecule is CC(C)(C)c1cc(N(c2cc(C(C)(C)C)cc(C(C)(C)C)c2)c2cc3c4c(c2)N(c2ccccc2)c2ccc(C(C)(C)C)cc2B4c2cc(C(C)(C)C)ccc2N3c2ccccc2)cc(C(C)(C)C)c1. The van der Waals surface area contributed by atoms with Crippen molar-refractivity contribution in [3.8, 4) is 0 Å². The van der Waals surface area contributed by atoms with E-state index < -0.39 is 0 Å². The molecule has 0 amide bonds. The van der Waals surface area contributed by atoms with Crippen molar-refractivity contribution < 1.29 is 0 Å². The van der Waals surface area contributed by atoms with Crippen LogP contribution in [0.1, 0.15) is 158 Å². The van der Waals surface area contributed by atoms with Gasteiger partial charge in [0.05, 0.1) is 5.69 Å². The van der Waals surface area contributed by atoms with Crippen LogP contribution in [0.2, 0.25) is 0 Å². The predicted molar refractivity (Wildman–Crippen MR) is 307 cm³/mol. The first kappa shape index (κ1) is 49.0. The Morgan fingerprint density at radius 3 is 0.900 bits per heavy atom. The summed E-state index contributed by atoms with van der Waals surface area (Å²) < 4.78 is 0. The Kier molecular flexibility index (Phi) is 11.8. The molecule has 2 aliphatic rings. The van der Waals surface area contributed by atoms with Gasteiger partial charge in [-0.25, -0.2) is 0 Å². The summed E-state index contributed by atoms with van der Waals surface area (Å²) in [7, 11) is 0. The highest BCUT2D eigenvalue weighted by atomic mass is 15.2. The number of nitrogens with zero attached hydrogens (tertiary/aromatic N) is 3. The van der Waals surface area contributed by atoms with Crippen LogP contribution in [0.3, 0.4) is 0 Å². The summed E-state index contributed by atoms with van der Waals surface area (Å²) in [6, 6.07) is 56.7. The van der Waals surface area contributed by atoms with Crippen LogP contribution in [-0.2, 0) is 32.5 Å². The average molecular weight is 924 g/mol. The van der Waals surface area contributed by atoms with Crippen molar-refractivity contribution in [1.82, 2.24) is 0 Å². The Labute approximate surface area is 423 Å². The molecule has 0 saturated carbocycles. The summed E-state index contributed by atoms with van der Waals surface area (Å²) in [6.45, 7) is 42.3. The van der Waals surface area contributed by atoms with Crippen LogP contribution in [-0.4, -0.2) is 6.71 Å². The molecule has 2 aliphatic heterocycles. The monoisotopic (exact) mass is 924 g/mol. The summed E-state index contributed by atoms with van der Waals surface area (Å²) in [5.41, 5.74) is 22.2. The fraction of sp³-hybridized carbons (Fsp3) is 0.364. The Bertz CT molecular complexity index is 2830. The number of hydrogen-bond acceptors (Lipinski definition) is 3. The van der Waals surface area contributed by atoms with Gasteiger partial charge in [-0.05, 0) is 155 Å². The van der Waals surface area contributed by atoms with Gasteiger partial charge in [-0.1, -0.05) is 197 Å². The lowest BCUT2D eigenvalue weighted by atomic mass is 9.33. The van der Waals surface area contributed by atoms with Gasteiger partial charge < -0.3 is 14.7 Å². The van der Waals surface area contributed by atoms with Gasteiger partial charge in [-0.3, -0.25) is 0 Å². The Balaban J connectivity index is 1.48. The first-order chi connectivity index (χ1) is 32.5. The second kappa shape index (κ2) is 16.8. The molecule has 0 saturated heterocycles. The third-order valence-corrected chi connectivity index (χ3v) is 14.9. The number of hydrogen-bond donors (Lipinski definition) is 0. The van der Waals surface area contributed by atoms with Gasteiger partial charge in [0.15, 0.2) is 0 Å². The highest BCUT2D eigenvalue weighted by Gasteiger charge is 2.45. The molecule has 7 aromatic carbocycles. The molecule has 0 fully saturated rings. The summed E-state index contributed by atoms with van der Waals surface area (Å²) >= 11 is 0. The molecule has 0 spiro atoms. The lowest BCUT2D eigenvalue weighted by molar-refractivity contribution is 0.568. The van der Waals surface area contributed by atoms with E-state index in [4.69, 9.17) is 0 Å². The Hall–Kier alpha value is -6.00. The minimum Gasteiger partial charge on any atom is -0.311 e. The highest BCUT2D eigenvalue weighted by molar-refractivity contribution is 7.00. The summed E-state index contributed by atoms with van der Waals surface area (Å²) in [4.78, 5) is 7.74. The second-order valence-corrected chi connectivity index (χ2v) is 26.6. The smallest absolute Gasteiger partial charge is 0.252 e. The molecule has 3 nitrogen and oxygen atoms in total. The zero-order chi connectivity index (χ0) is 50.7. The number of benzene rings is 7. The molecule has 0 aliphatic carbocycles. The maximum atomic E-state index is 2.60. The minimum atomic E-state index is -0.0833. The van der Waals surface area contributed by atoms with Crippen molar-refractivity contribution in [2.45, 2.75) is 157 Å². The van der Waals surface area contributed by atoms with Crippen LogP contribution in [0, 0.1) is 0 Å². The first-order valence-corrected chi connectivity index (χ1v) is 25.8. The number of fused-ring (bicyclic) bond motifs is 4. The molecular weight excluding hydrogens is 846 g/mol. The van der Waals surface area contributed by atoms with Gasteiger partial charge in [0, 0.05) is 45.5 Å². The molecule has 70 heavy (non-hydrogen) atoms. The Morgan fingerprint density at radius 2 is 0.600 bits per heavy atom. The summed E-state index contributed by atoms with van der Waals surface area (Å²) in [5.74, 6) is 0. The first-order valence-electron chi connectivity index (χ1n) is 25.8. The van der Waals surface area contributed by atoms with E-state index in [1.54, 1.807) is 0 Å². The quantitative estimate of drug-likeness (QED) is 0.159. The standard InChI is InChI=1S/C66H78BN3/c1-61(2,3)43-29-31-56-54(39-43)67-55-40-44(62(4,5)6)30-32-57(55)70(50-27-23-20-24-28-50)59-42-53(41-58(60(59)67)69(56)49-25-21-19-22-26-49)68(51-35-45(63(7,8)9)33-46(36-51)64(10,11)12)52-37-47(65(13,14)15)34-48(38-52)66(16,17)18/h19-42H,1-18H3. The molecule has 9 rings (SSSR count). The van der Waals surface area contributed by atoms with Crippen LogP contribution in [0.25, 0.3) is 0 Å². The number of anilines is 9. The molecule has 0 bridgehead atoms. The van der Waals surface area contributed by atoms with E-state index in [-0.39, 0.29) is 39.2 Å². The number of para-hydroxylation sites is 2. The maximum absolute atomic E-state index is 2.60. The average Bonchev–Trinajstić information content (AvgIpc) is 3.27. The molecule has 2 heterocycles. The molecule has 4 heteroatoms. The molecule has 0 unspecified atom stereocenters. The second-order valence-electron chi connectivity index (χ2n) is 26.6. The van der Waals surface area contributed by atoms with Crippen LogP contribution in [0.5, 0.6) is 0 Å². The molecule has 0 atom stereocenters. The molecule has 7 aromatic rings. The zero-order valence-corrected chi connectivity index (χ0v) is 45.8. The van der Waals surface area contributed by atoms with Gasteiger partial charge >= 0.3 is 0 Å². The Morgan fingerprint density at radius 1 is 0.300 bits per heavy atom. The molecule has 0 N–H and O–H groups in total. The van der Waals surface area contributed by atoms with Crippen LogP contribution in [0.4, 0.5) is 51.2 Å². The largest absolute Gasteiger partial charge is 0.311 e. The minimum absolute atomic E-state index is 0.0181. The third-order valence-electron chi connectivity index (χ3n) is 14.9. The van der Waals surface area contributed by atoms with Crippen molar-refractivity contribution >= 4 is 74.3 Å². The van der Waals surface area contributed by atoms with Crippen molar-refractivity contribution in [3.63, 3.8) is 0 Å². The summed E-state index contributed by atoms with van der Waals surface area (Å²) in [5, 5.41) is 0. The van der Waals surface area contributed by atoms with Crippen LogP contribution in [0.15, 0.2) is 146 Å². The molecule has 360 valence electrons. The summed E-state index contributed by atoms with van der Waals surface area (Å²) in [6.07, 6.45) is 0. The van der Waals surface area contributed by atoms with Gasteiger partial charge in [-0.15, -0.1) is 0 Å². The third kappa shape index (κ3) is 9.01. The zero-order valence-electron chi connectivity index (χ0n) is 45.8. The van der Waals surface area contributed by atoms with Crippen LogP contribution >= 0.6 is 0 Å². The van der Waals surface area contributed by atoms with Gasteiger partial charge in [-0.2, -0.15) is 0 Å². The topological polar surface area (TPSA) is 9.72 Å². The van der Waals surface area contributed by atoms with E-state index in [2.05, 4.69) is 285 Å². The van der Waals surface area contributed by atoms with Crippen molar-refractivity contribution in [3.05, 3.63) is 179 Å². The van der Waals surface area contributed by atoms with E-state index in [1.807, 2.05) is 0 Å². The maximum Gasteiger partial charge on any atom is 0.252 e. The van der Waals surface area contributed by atoms with E-state index >= 15 is 0 Å². The molecule has 0 radical (unpaired) electrons. The van der Waals surface area contributed by atoms with E-state index in [9.17, 15) is 0 Å². The highest BCUT2D eigenvalue weighted by Crippen LogP contribution is 2.50. The predicted octanol–water partition coefficient (Wildman–Crippen LogP) is 17.0. The lowest BCUT2D eigenvalue weighted by Crippen LogP contribution is -2.61. The van der Waals surface area contributed by atoms with Gasteiger partial charge in [0.25, 0.3) is 6.71 Å². The van der Waals surface area contributed by atoms with Crippen LogP contribution < -0.4 is 31.1 Å². The van der Waals surface area contributed by atoms with Crippen molar-refractivity contribution in [2.24, 2.45) is 0 Å². The van der Waals surface area contributed by atoms with E-state index in [1.165, 1.54) is 83.9 Å². The fourth-order valence-electron chi connectivity index (χ4n) is 10.4. The fourth-order valence-corrected chi connectivity index (χ4v) is 10.4.